The summed E-state index contributed by atoms with van der Waals surface area (Å²) in [6.45, 7) is 3.78. The topological polar surface area (TPSA) is 58.2 Å². The molecule has 0 bridgehead atoms. The smallest absolute Gasteiger partial charge is 0.321 e. The van der Waals surface area contributed by atoms with Gasteiger partial charge in [0.15, 0.2) is 0 Å². The highest BCUT2D eigenvalue weighted by Crippen LogP contribution is 2.23. The van der Waals surface area contributed by atoms with Crippen molar-refractivity contribution >= 4 is 35.3 Å². The summed E-state index contributed by atoms with van der Waals surface area (Å²) in [5, 5.41) is 4.85. The highest BCUT2D eigenvalue weighted by Gasteiger charge is 2.10. The third-order valence-corrected chi connectivity index (χ3v) is 3.79. The highest BCUT2D eigenvalue weighted by molar-refractivity contribution is 8.00. The Morgan fingerprint density at radius 3 is 2.75 bits per heavy atom. The summed E-state index contributed by atoms with van der Waals surface area (Å²) in [7, 11) is 0. The molecule has 0 aliphatic rings. The molecule has 0 heterocycles. The normalized spacial score (nSPS) is 11.8. The predicted molar refractivity (Wildman–Crippen MR) is 78.6 cm³/mol. The lowest BCUT2D eigenvalue weighted by molar-refractivity contribution is -0.117. The van der Waals surface area contributed by atoms with E-state index in [0.717, 1.165) is 6.42 Å². The average molecular weight is 319 g/mol. The Bertz CT molecular complexity index is 499. The molecule has 0 aliphatic carbocycles. The van der Waals surface area contributed by atoms with Crippen molar-refractivity contribution in [3.05, 3.63) is 29.0 Å². The fourth-order valence-corrected chi connectivity index (χ4v) is 2.22. The first-order valence-corrected chi connectivity index (χ1v) is 7.47. The van der Waals surface area contributed by atoms with E-state index in [0.29, 0.717) is 4.90 Å². The number of nitrogens with one attached hydrogen (secondary N) is 2. The van der Waals surface area contributed by atoms with E-state index >= 15 is 0 Å². The summed E-state index contributed by atoms with van der Waals surface area (Å²) >= 11 is 6.81. The van der Waals surface area contributed by atoms with Crippen LogP contribution in [0.3, 0.4) is 0 Å². The van der Waals surface area contributed by atoms with E-state index in [2.05, 4.69) is 10.6 Å². The number of urea groups is 1. The number of carbonyl (C=O) groups is 2. The Hall–Kier alpha value is -1.27. The molecule has 3 amide bonds. The van der Waals surface area contributed by atoms with Gasteiger partial charge in [0.1, 0.15) is 5.82 Å². The van der Waals surface area contributed by atoms with Crippen LogP contribution in [0.15, 0.2) is 23.1 Å². The van der Waals surface area contributed by atoms with Crippen LogP contribution in [0, 0.1) is 5.82 Å². The van der Waals surface area contributed by atoms with Crippen LogP contribution in [-0.2, 0) is 4.79 Å². The molecule has 0 spiro atoms. The molecule has 0 aliphatic heterocycles. The quantitative estimate of drug-likeness (QED) is 0.820. The molecule has 1 atom stereocenters. The number of amides is 3. The maximum Gasteiger partial charge on any atom is 0.321 e. The number of benzene rings is 1. The molecule has 0 aromatic heterocycles. The first-order valence-electron chi connectivity index (χ1n) is 6.10. The van der Waals surface area contributed by atoms with E-state index in [-0.39, 0.29) is 16.8 Å². The third-order valence-electron chi connectivity index (χ3n) is 2.50. The van der Waals surface area contributed by atoms with Gasteiger partial charge in [0.25, 0.3) is 0 Å². The summed E-state index contributed by atoms with van der Waals surface area (Å²) < 4.78 is 13.0. The zero-order valence-corrected chi connectivity index (χ0v) is 12.8. The molecule has 4 nitrogen and oxygen atoms in total. The van der Waals surface area contributed by atoms with Gasteiger partial charge in [-0.1, -0.05) is 18.5 Å². The van der Waals surface area contributed by atoms with Gasteiger partial charge in [-0.25, -0.2) is 9.18 Å². The largest absolute Gasteiger partial charge is 0.335 e. The summed E-state index contributed by atoms with van der Waals surface area (Å²) in [5.41, 5.74) is 0. The number of hydrogen-bond acceptors (Lipinski definition) is 3. The Kier molecular flexibility index (Phi) is 6.81. The minimum Gasteiger partial charge on any atom is -0.335 e. The SMILES string of the molecule is CC[C@@H](C)NC(=O)NC(=O)CSc1ccc(F)c(Cl)c1. The van der Waals surface area contributed by atoms with Crippen molar-refractivity contribution in [3.8, 4) is 0 Å². The fraction of sp³-hybridized carbons (Fsp3) is 0.385. The minimum atomic E-state index is -0.512. The van der Waals surface area contributed by atoms with Gasteiger partial charge in [-0.2, -0.15) is 0 Å². The van der Waals surface area contributed by atoms with Crippen molar-refractivity contribution in [2.45, 2.75) is 31.2 Å². The molecule has 2 N–H and O–H groups in total. The van der Waals surface area contributed by atoms with E-state index < -0.39 is 17.8 Å². The standard InChI is InChI=1S/C13H16ClFN2O2S/c1-3-8(2)16-13(19)17-12(18)7-20-9-4-5-11(15)10(14)6-9/h4-6,8H,3,7H2,1-2H3,(H2,16,17,18,19)/t8-/m1/s1. The molecule has 110 valence electrons. The lowest BCUT2D eigenvalue weighted by Crippen LogP contribution is -2.43. The van der Waals surface area contributed by atoms with E-state index in [4.69, 9.17) is 11.6 Å². The maximum absolute atomic E-state index is 13.0. The number of halogens is 2. The zero-order chi connectivity index (χ0) is 15.1. The van der Waals surface area contributed by atoms with Crippen LogP contribution in [0.1, 0.15) is 20.3 Å². The van der Waals surface area contributed by atoms with Crippen molar-refractivity contribution in [1.29, 1.82) is 0 Å². The summed E-state index contributed by atoms with van der Waals surface area (Å²) in [4.78, 5) is 23.6. The molecule has 1 aromatic rings. The van der Waals surface area contributed by atoms with Crippen LogP contribution in [0.25, 0.3) is 0 Å². The molecule has 1 aromatic carbocycles. The summed E-state index contributed by atoms with van der Waals surface area (Å²) in [6.07, 6.45) is 0.782. The monoisotopic (exact) mass is 318 g/mol. The number of rotatable bonds is 5. The van der Waals surface area contributed by atoms with Crippen molar-refractivity contribution in [2.24, 2.45) is 0 Å². The van der Waals surface area contributed by atoms with Crippen molar-refractivity contribution in [1.82, 2.24) is 10.6 Å². The molecular formula is C13H16ClFN2O2S. The second-order valence-corrected chi connectivity index (χ2v) is 5.65. The lowest BCUT2D eigenvalue weighted by atomic mass is 10.3. The Morgan fingerprint density at radius 1 is 1.45 bits per heavy atom. The molecule has 0 saturated heterocycles. The van der Waals surface area contributed by atoms with Crippen LogP contribution in [0.4, 0.5) is 9.18 Å². The Balaban J connectivity index is 2.39. The first-order chi connectivity index (χ1) is 9.42. The van der Waals surface area contributed by atoms with E-state index in [1.165, 1.54) is 30.0 Å². The van der Waals surface area contributed by atoms with E-state index in [9.17, 15) is 14.0 Å². The van der Waals surface area contributed by atoms with Crippen molar-refractivity contribution in [2.75, 3.05) is 5.75 Å². The van der Waals surface area contributed by atoms with Crippen LogP contribution in [0.2, 0.25) is 5.02 Å². The minimum absolute atomic E-state index is 0.00456. The second-order valence-electron chi connectivity index (χ2n) is 4.20. The van der Waals surface area contributed by atoms with Gasteiger partial charge in [-0.15, -0.1) is 11.8 Å². The summed E-state index contributed by atoms with van der Waals surface area (Å²) in [5.74, 6) is -0.875. The van der Waals surface area contributed by atoms with Gasteiger partial charge < -0.3 is 5.32 Å². The Morgan fingerprint density at radius 2 is 2.15 bits per heavy atom. The van der Waals surface area contributed by atoms with Gasteiger partial charge in [0.2, 0.25) is 5.91 Å². The number of imide groups is 1. The molecule has 20 heavy (non-hydrogen) atoms. The van der Waals surface area contributed by atoms with Crippen molar-refractivity contribution < 1.29 is 14.0 Å². The molecule has 1 rings (SSSR count). The molecule has 0 radical (unpaired) electrons. The highest BCUT2D eigenvalue weighted by atomic mass is 35.5. The predicted octanol–water partition coefficient (Wildman–Crippen LogP) is 3.20. The lowest BCUT2D eigenvalue weighted by Gasteiger charge is -2.11. The summed E-state index contributed by atoms with van der Waals surface area (Å²) in [6, 6.07) is 3.69. The molecular weight excluding hydrogens is 303 g/mol. The van der Waals surface area contributed by atoms with Gasteiger partial charge in [0, 0.05) is 10.9 Å². The Labute approximate surface area is 126 Å². The fourth-order valence-electron chi connectivity index (χ4n) is 1.24. The molecule has 7 heteroatoms. The number of thioether (sulfide) groups is 1. The molecule has 0 saturated carbocycles. The van der Waals surface area contributed by atoms with Crippen LogP contribution >= 0.6 is 23.4 Å². The first kappa shape index (κ1) is 16.8. The van der Waals surface area contributed by atoms with E-state index in [1.54, 1.807) is 0 Å². The van der Waals surface area contributed by atoms with Gasteiger partial charge >= 0.3 is 6.03 Å². The van der Waals surface area contributed by atoms with Gasteiger partial charge in [-0.05, 0) is 31.5 Å². The van der Waals surface area contributed by atoms with E-state index in [1.807, 2.05) is 13.8 Å². The van der Waals surface area contributed by atoms with Crippen LogP contribution < -0.4 is 10.6 Å². The second kappa shape index (κ2) is 8.11. The number of hydrogen-bond donors (Lipinski definition) is 2. The number of carbonyl (C=O) groups excluding carboxylic acids is 2. The maximum atomic E-state index is 13.0. The van der Waals surface area contributed by atoms with Crippen molar-refractivity contribution in [3.63, 3.8) is 0 Å². The molecule has 0 fully saturated rings. The van der Waals surface area contributed by atoms with Gasteiger partial charge in [-0.3, -0.25) is 10.1 Å². The zero-order valence-electron chi connectivity index (χ0n) is 11.2. The van der Waals surface area contributed by atoms with Gasteiger partial charge in [0.05, 0.1) is 10.8 Å². The van der Waals surface area contributed by atoms with Crippen LogP contribution in [0.5, 0.6) is 0 Å². The third kappa shape index (κ3) is 5.79. The average Bonchev–Trinajstić information content (AvgIpc) is 2.39. The van der Waals surface area contributed by atoms with Crippen LogP contribution in [-0.4, -0.2) is 23.7 Å². The molecule has 0 unspecified atom stereocenters.